The Hall–Kier alpha value is -3.23. The second-order valence-electron chi connectivity index (χ2n) is 7.05. The van der Waals surface area contributed by atoms with E-state index in [-0.39, 0.29) is 5.91 Å². The fourth-order valence-electron chi connectivity index (χ4n) is 3.40. The highest BCUT2D eigenvalue weighted by molar-refractivity contribution is 6.33. The monoisotopic (exact) mass is 457 g/mol. The lowest BCUT2D eigenvalue weighted by Crippen LogP contribution is -2.61. The summed E-state index contributed by atoms with van der Waals surface area (Å²) < 4.78 is 1.74. The van der Waals surface area contributed by atoms with Gasteiger partial charge in [-0.25, -0.2) is 9.37 Å². The number of hydrogen-bond donors (Lipinski definition) is 1. The number of halogens is 2. The number of fused-ring (bicyclic) bond motifs is 1. The Morgan fingerprint density at radius 2 is 1.74 bits per heavy atom. The standard InChI is InChI=1S/C21H18Cl2N6O2/c1-27-18-17(19(30)28(2)21(27)31)29(12-14-8-4-6-10-16(14)23)20(25-18)26-24-11-13-7-3-5-9-15(13)22/h3-11,17H,12H2,1-2H3/p+1/b24-11+. The zero-order chi connectivity index (χ0) is 22.1. The van der Waals surface area contributed by atoms with Crippen LogP contribution in [0.4, 0.5) is 4.79 Å². The van der Waals surface area contributed by atoms with Crippen LogP contribution in [-0.4, -0.2) is 64.5 Å². The smallest absolute Gasteiger partial charge is 0.270 e. The average Bonchev–Trinajstić information content (AvgIpc) is 3.12. The van der Waals surface area contributed by atoms with E-state index in [0.717, 1.165) is 16.0 Å². The van der Waals surface area contributed by atoms with Gasteiger partial charge in [0.25, 0.3) is 5.91 Å². The van der Waals surface area contributed by atoms with Gasteiger partial charge >= 0.3 is 12.0 Å². The van der Waals surface area contributed by atoms with Gasteiger partial charge in [0.15, 0.2) is 0 Å². The van der Waals surface area contributed by atoms with Crippen LogP contribution in [0.15, 0.2) is 58.6 Å². The molecule has 2 aromatic carbocycles. The topological polar surface area (TPSA) is 80.4 Å². The molecule has 4 rings (SSSR count). The number of amides is 3. The first-order valence-corrected chi connectivity index (χ1v) is 10.2. The summed E-state index contributed by atoms with van der Waals surface area (Å²) in [7, 11) is 3.04. The molecule has 158 valence electrons. The SMILES string of the molecule is CN1C(=O)C2C(=NC(N/N=C/c3ccccc3Cl)=[N+]2Cc2ccccc2Cl)N(C)C1=O. The van der Waals surface area contributed by atoms with Crippen molar-refractivity contribution in [2.75, 3.05) is 14.1 Å². The van der Waals surface area contributed by atoms with Crippen molar-refractivity contribution in [1.29, 1.82) is 0 Å². The van der Waals surface area contributed by atoms with Crippen LogP contribution in [0, 0.1) is 0 Å². The molecule has 2 aliphatic rings. The largest absolute Gasteiger partial charge is 0.414 e. The average molecular weight is 458 g/mol. The van der Waals surface area contributed by atoms with Crippen LogP contribution in [0.3, 0.4) is 0 Å². The van der Waals surface area contributed by atoms with Crippen molar-refractivity contribution >= 4 is 53.1 Å². The Morgan fingerprint density at radius 3 is 2.45 bits per heavy atom. The second-order valence-corrected chi connectivity index (χ2v) is 7.86. The van der Waals surface area contributed by atoms with E-state index in [1.165, 1.54) is 11.9 Å². The van der Waals surface area contributed by atoms with Crippen LogP contribution in [0.5, 0.6) is 0 Å². The third-order valence-electron chi connectivity index (χ3n) is 5.10. The molecule has 0 radical (unpaired) electrons. The van der Waals surface area contributed by atoms with E-state index in [2.05, 4.69) is 15.5 Å². The van der Waals surface area contributed by atoms with Crippen LogP contribution in [0.2, 0.25) is 10.0 Å². The van der Waals surface area contributed by atoms with Gasteiger partial charge in [-0.2, -0.15) is 5.43 Å². The van der Waals surface area contributed by atoms with E-state index in [0.29, 0.717) is 28.4 Å². The Labute approximate surface area is 189 Å². The first-order valence-electron chi connectivity index (χ1n) is 9.43. The van der Waals surface area contributed by atoms with Crippen molar-refractivity contribution < 1.29 is 14.2 Å². The molecule has 2 heterocycles. The molecule has 8 nitrogen and oxygen atoms in total. The number of nitrogens with zero attached hydrogens (tertiary/aromatic N) is 5. The number of hydrazone groups is 1. The lowest BCUT2D eigenvalue weighted by Gasteiger charge is -2.31. The minimum Gasteiger partial charge on any atom is -0.270 e. The molecule has 2 aliphatic heterocycles. The normalized spacial score (nSPS) is 18.7. The summed E-state index contributed by atoms with van der Waals surface area (Å²) in [6.45, 7) is 0.295. The van der Waals surface area contributed by atoms with E-state index in [1.807, 2.05) is 36.4 Å². The summed E-state index contributed by atoms with van der Waals surface area (Å²) >= 11 is 12.5. The summed E-state index contributed by atoms with van der Waals surface area (Å²) in [6, 6.07) is 13.4. The molecule has 0 bridgehead atoms. The van der Waals surface area contributed by atoms with Gasteiger partial charge in [0.1, 0.15) is 0 Å². The number of imide groups is 1. The van der Waals surface area contributed by atoms with Crippen LogP contribution in [0.25, 0.3) is 0 Å². The molecule has 3 amide bonds. The van der Waals surface area contributed by atoms with Gasteiger partial charge < -0.3 is 0 Å². The maximum Gasteiger partial charge on any atom is 0.414 e. The molecular formula is C21H19Cl2N6O2+. The lowest BCUT2D eigenvalue weighted by molar-refractivity contribution is -0.553. The Bertz CT molecular complexity index is 1160. The van der Waals surface area contributed by atoms with Crippen LogP contribution < -0.4 is 5.43 Å². The van der Waals surface area contributed by atoms with E-state index in [9.17, 15) is 9.59 Å². The van der Waals surface area contributed by atoms with Crippen LogP contribution >= 0.6 is 23.2 Å². The highest BCUT2D eigenvalue weighted by atomic mass is 35.5. The second kappa shape index (κ2) is 8.49. The molecule has 2 aromatic rings. The number of carbonyl (C=O) groups is 2. The number of urea groups is 1. The van der Waals surface area contributed by atoms with Crippen molar-refractivity contribution in [3.05, 3.63) is 69.7 Å². The highest BCUT2D eigenvalue weighted by Crippen LogP contribution is 2.23. The summed E-state index contributed by atoms with van der Waals surface area (Å²) in [6.07, 6.45) is 1.56. The molecule has 1 unspecified atom stereocenters. The van der Waals surface area contributed by atoms with Gasteiger partial charge in [0.05, 0.1) is 12.8 Å². The van der Waals surface area contributed by atoms with E-state index >= 15 is 0 Å². The number of carbonyl (C=O) groups excluding carboxylic acids is 2. The number of guanidine groups is 1. The number of aliphatic imine (C=N–C) groups is 1. The van der Waals surface area contributed by atoms with Crippen molar-refractivity contribution in [3.63, 3.8) is 0 Å². The molecule has 1 N–H and O–H groups in total. The first kappa shape index (κ1) is 21.0. The van der Waals surface area contributed by atoms with Crippen molar-refractivity contribution in [2.45, 2.75) is 12.6 Å². The Kier molecular flexibility index (Phi) is 5.75. The number of amidine groups is 1. The maximum atomic E-state index is 13.0. The van der Waals surface area contributed by atoms with Crippen molar-refractivity contribution in [3.8, 4) is 0 Å². The third-order valence-corrected chi connectivity index (χ3v) is 5.82. The fourth-order valence-corrected chi connectivity index (χ4v) is 3.78. The quantitative estimate of drug-likeness (QED) is 0.435. The van der Waals surface area contributed by atoms with Crippen molar-refractivity contribution in [1.82, 2.24) is 15.2 Å². The number of hydrogen-bond acceptors (Lipinski definition) is 5. The van der Waals surface area contributed by atoms with Gasteiger partial charge in [-0.05, 0) is 12.1 Å². The number of rotatable bonds is 4. The minimum absolute atomic E-state index is 0.295. The molecule has 10 heteroatoms. The zero-order valence-corrected chi connectivity index (χ0v) is 18.3. The van der Waals surface area contributed by atoms with Gasteiger partial charge in [-0.3, -0.25) is 14.6 Å². The molecule has 0 aromatic heterocycles. The fraction of sp³-hybridized carbons (Fsp3) is 0.190. The van der Waals surface area contributed by atoms with Crippen molar-refractivity contribution in [2.24, 2.45) is 10.1 Å². The van der Waals surface area contributed by atoms with Crippen LogP contribution in [-0.2, 0) is 11.3 Å². The third kappa shape index (κ3) is 3.92. The lowest BCUT2D eigenvalue weighted by atomic mass is 10.1. The molecule has 0 spiro atoms. The number of benzene rings is 2. The number of nitrogens with one attached hydrogen (secondary N) is 1. The molecule has 0 aliphatic carbocycles. The minimum atomic E-state index is -0.776. The van der Waals surface area contributed by atoms with E-state index in [4.69, 9.17) is 23.2 Å². The molecular weight excluding hydrogens is 439 g/mol. The summed E-state index contributed by atoms with van der Waals surface area (Å²) in [5, 5.41) is 5.36. The van der Waals surface area contributed by atoms with Gasteiger partial charge in [-0.15, -0.1) is 5.10 Å². The molecule has 1 atom stereocenters. The Morgan fingerprint density at radius 1 is 1.06 bits per heavy atom. The maximum absolute atomic E-state index is 13.0. The predicted molar refractivity (Wildman–Crippen MR) is 120 cm³/mol. The summed E-state index contributed by atoms with van der Waals surface area (Å²) in [4.78, 5) is 32.3. The first-order chi connectivity index (χ1) is 14.9. The van der Waals surface area contributed by atoms with E-state index in [1.54, 1.807) is 30.0 Å². The van der Waals surface area contributed by atoms with Crippen LogP contribution in [0.1, 0.15) is 11.1 Å². The zero-order valence-electron chi connectivity index (χ0n) is 16.8. The molecule has 1 saturated heterocycles. The Balaban J connectivity index is 1.71. The van der Waals surface area contributed by atoms with E-state index < -0.39 is 12.1 Å². The van der Waals surface area contributed by atoms with Gasteiger partial charge in [-0.1, -0.05) is 64.6 Å². The van der Waals surface area contributed by atoms with Gasteiger partial charge in [0, 0.05) is 35.3 Å². The number of likely N-dealkylation sites (N-methyl/N-ethyl adjacent to an activating group) is 2. The highest BCUT2D eigenvalue weighted by Gasteiger charge is 2.51. The predicted octanol–water partition coefficient (Wildman–Crippen LogP) is 2.79. The van der Waals surface area contributed by atoms with Gasteiger partial charge in [0.2, 0.25) is 11.9 Å². The molecule has 0 saturated carbocycles. The summed E-state index contributed by atoms with van der Waals surface area (Å²) in [5.74, 6) is 0.280. The molecule has 1 fully saturated rings. The summed E-state index contributed by atoms with van der Waals surface area (Å²) in [5.41, 5.74) is 4.42. The molecule has 31 heavy (non-hydrogen) atoms.